The number of ether oxygens (including phenoxy) is 3. The van der Waals surface area contributed by atoms with Crippen molar-refractivity contribution in [3.05, 3.63) is 111 Å². The number of hydrogen-bond donors (Lipinski definition) is 0. The zero-order chi connectivity index (χ0) is 25.7. The van der Waals surface area contributed by atoms with Gasteiger partial charge < -0.3 is 23.5 Å². The van der Waals surface area contributed by atoms with E-state index in [0.717, 1.165) is 22.3 Å². The molecule has 0 bridgehead atoms. The molecule has 0 N–H and O–H groups in total. The zero-order valence-electron chi connectivity index (χ0n) is 20.6. The lowest BCUT2D eigenvalue weighted by Gasteiger charge is -2.25. The van der Waals surface area contributed by atoms with Crippen LogP contribution in [0.2, 0.25) is 0 Å². The van der Waals surface area contributed by atoms with E-state index in [0.29, 0.717) is 40.4 Å². The van der Waals surface area contributed by atoms with E-state index in [1.807, 2.05) is 68.4 Å². The van der Waals surface area contributed by atoms with E-state index in [2.05, 4.69) is 6.58 Å². The highest BCUT2D eigenvalue weighted by Gasteiger charge is 2.43. The number of carbonyl (C=O) groups excluding carboxylic acids is 1. The second kappa shape index (κ2) is 8.85. The summed E-state index contributed by atoms with van der Waals surface area (Å²) in [5.74, 6) is 1.72. The maximum Gasteiger partial charge on any atom is 0.291 e. The van der Waals surface area contributed by atoms with Crippen LogP contribution in [0.1, 0.15) is 44.4 Å². The van der Waals surface area contributed by atoms with E-state index in [1.165, 1.54) is 0 Å². The number of nitrogens with zero attached hydrogens (tertiary/aromatic N) is 1. The third kappa shape index (κ3) is 3.83. The Morgan fingerprint density at radius 3 is 2.54 bits per heavy atom. The number of amides is 1. The second-order valence-corrected chi connectivity index (χ2v) is 9.30. The highest BCUT2D eigenvalue weighted by molar-refractivity contribution is 5.99. The monoisotopic (exact) mass is 495 g/mol. The minimum Gasteiger partial charge on any atom is -0.490 e. The topological polar surface area (TPSA) is 78.2 Å². The lowest BCUT2D eigenvalue weighted by atomic mass is 9.97. The minimum atomic E-state index is -0.622. The van der Waals surface area contributed by atoms with Crippen LogP contribution in [0.3, 0.4) is 0 Å². The van der Waals surface area contributed by atoms with Gasteiger partial charge in [-0.25, -0.2) is 0 Å². The predicted octanol–water partition coefficient (Wildman–Crippen LogP) is 5.45. The van der Waals surface area contributed by atoms with Crippen molar-refractivity contribution >= 4 is 16.9 Å². The summed E-state index contributed by atoms with van der Waals surface area (Å²) in [6, 6.07) is 16.0. The molecule has 3 heterocycles. The molecule has 37 heavy (non-hydrogen) atoms. The Morgan fingerprint density at radius 1 is 1.00 bits per heavy atom. The van der Waals surface area contributed by atoms with Crippen molar-refractivity contribution in [2.45, 2.75) is 26.4 Å². The van der Waals surface area contributed by atoms with E-state index in [9.17, 15) is 9.59 Å². The molecule has 1 atom stereocenters. The third-order valence-electron chi connectivity index (χ3n) is 6.94. The molecule has 0 aliphatic carbocycles. The number of carbonyl (C=O) groups is 1. The Balaban J connectivity index is 1.49. The summed E-state index contributed by atoms with van der Waals surface area (Å²) >= 11 is 0. The first-order valence-electron chi connectivity index (χ1n) is 12.1. The van der Waals surface area contributed by atoms with Crippen LogP contribution in [-0.2, 0) is 6.54 Å². The molecule has 0 fully saturated rings. The van der Waals surface area contributed by atoms with Crippen molar-refractivity contribution < 1.29 is 23.4 Å². The maximum atomic E-state index is 13.9. The van der Waals surface area contributed by atoms with Crippen molar-refractivity contribution in [3.8, 4) is 17.2 Å². The zero-order valence-corrected chi connectivity index (χ0v) is 20.6. The van der Waals surface area contributed by atoms with Crippen LogP contribution >= 0.6 is 0 Å². The number of rotatable bonds is 6. The summed E-state index contributed by atoms with van der Waals surface area (Å²) < 4.78 is 22.7. The fourth-order valence-electron chi connectivity index (χ4n) is 4.92. The summed E-state index contributed by atoms with van der Waals surface area (Å²) in [6.45, 7) is 8.39. The normalized spacial score (nSPS) is 15.8. The van der Waals surface area contributed by atoms with Gasteiger partial charge in [0, 0.05) is 6.54 Å². The van der Waals surface area contributed by atoms with Crippen molar-refractivity contribution in [1.82, 2.24) is 4.90 Å². The maximum absolute atomic E-state index is 13.9. The fraction of sp³-hybridized carbons (Fsp3) is 0.200. The van der Waals surface area contributed by atoms with E-state index in [4.69, 9.17) is 18.6 Å². The van der Waals surface area contributed by atoms with Crippen molar-refractivity contribution in [2.24, 2.45) is 0 Å². The number of benzene rings is 3. The van der Waals surface area contributed by atoms with Crippen molar-refractivity contribution in [1.29, 1.82) is 0 Å². The van der Waals surface area contributed by atoms with Gasteiger partial charge in [0.1, 0.15) is 17.9 Å². The van der Waals surface area contributed by atoms with Crippen LogP contribution in [0.5, 0.6) is 17.2 Å². The standard InChI is InChI=1S/C30H25NO6/c1-4-11-34-21-8-6-20(7-9-21)27-26-28(32)22-12-17(2)18(3)13-24(22)37-29(26)30(33)31(27)15-19-5-10-23-25(14-19)36-16-35-23/h4-10,12-14,27H,1,11,15-16H2,2-3H3. The molecule has 1 aromatic heterocycles. The number of fused-ring (bicyclic) bond motifs is 3. The van der Waals surface area contributed by atoms with Crippen LogP contribution in [0.15, 0.2) is 76.5 Å². The Kier molecular flexibility index (Phi) is 5.48. The first-order valence-corrected chi connectivity index (χ1v) is 12.1. The quantitative estimate of drug-likeness (QED) is 0.331. The molecule has 0 saturated heterocycles. The highest BCUT2D eigenvalue weighted by atomic mass is 16.7. The Labute approximate surface area is 213 Å². The van der Waals surface area contributed by atoms with Crippen LogP contribution in [0.4, 0.5) is 0 Å². The summed E-state index contributed by atoms with van der Waals surface area (Å²) in [5, 5.41) is 0.468. The summed E-state index contributed by atoms with van der Waals surface area (Å²) in [4.78, 5) is 29.3. The van der Waals surface area contributed by atoms with E-state index in [-0.39, 0.29) is 30.4 Å². The molecule has 6 rings (SSSR count). The summed E-state index contributed by atoms with van der Waals surface area (Å²) in [7, 11) is 0. The largest absolute Gasteiger partial charge is 0.490 e. The molecule has 0 radical (unpaired) electrons. The average Bonchev–Trinajstić information content (AvgIpc) is 3.47. The van der Waals surface area contributed by atoms with Crippen LogP contribution < -0.4 is 19.6 Å². The van der Waals surface area contributed by atoms with Gasteiger partial charge in [-0.05, 0) is 72.5 Å². The van der Waals surface area contributed by atoms with Gasteiger partial charge in [-0.15, -0.1) is 0 Å². The van der Waals surface area contributed by atoms with Gasteiger partial charge in [0.15, 0.2) is 16.9 Å². The molecule has 2 aliphatic rings. The number of aryl methyl sites for hydroxylation is 2. The Hall–Kier alpha value is -4.52. The van der Waals surface area contributed by atoms with Gasteiger partial charge in [0.05, 0.1) is 17.0 Å². The molecule has 2 aliphatic heterocycles. The molecule has 7 heteroatoms. The van der Waals surface area contributed by atoms with Gasteiger partial charge in [-0.3, -0.25) is 9.59 Å². The Morgan fingerprint density at radius 2 is 1.76 bits per heavy atom. The minimum absolute atomic E-state index is 0.0819. The fourth-order valence-corrected chi connectivity index (χ4v) is 4.92. The van der Waals surface area contributed by atoms with Crippen LogP contribution in [0, 0.1) is 13.8 Å². The lowest BCUT2D eigenvalue weighted by Crippen LogP contribution is -2.29. The molecule has 1 unspecified atom stereocenters. The molecule has 0 spiro atoms. The number of hydrogen-bond acceptors (Lipinski definition) is 6. The Bertz CT molecular complexity index is 1620. The smallest absolute Gasteiger partial charge is 0.291 e. The van der Waals surface area contributed by atoms with Crippen molar-refractivity contribution in [3.63, 3.8) is 0 Å². The first-order chi connectivity index (χ1) is 17.9. The molecule has 7 nitrogen and oxygen atoms in total. The van der Waals surface area contributed by atoms with Gasteiger partial charge in [0.25, 0.3) is 5.91 Å². The van der Waals surface area contributed by atoms with E-state index < -0.39 is 6.04 Å². The molecule has 1 amide bonds. The van der Waals surface area contributed by atoms with E-state index >= 15 is 0 Å². The van der Waals surface area contributed by atoms with Gasteiger partial charge in [-0.1, -0.05) is 30.9 Å². The molecular formula is C30H25NO6. The third-order valence-corrected chi connectivity index (χ3v) is 6.94. The van der Waals surface area contributed by atoms with Gasteiger partial charge in [-0.2, -0.15) is 0 Å². The SMILES string of the molecule is C=CCOc1ccc(C2c3c(oc4cc(C)c(C)cc4c3=O)C(=O)N2Cc2ccc3c(c2)OCO3)cc1. The van der Waals surface area contributed by atoms with Crippen molar-refractivity contribution in [2.75, 3.05) is 13.4 Å². The molecule has 3 aromatic carbocycles. The summed E-state index contributed by atoms with van der Waals surface area (Å²) in [5.41, 5.74) is 4.18. The second-order valence-electron chi connectivity index (χ2n) is 9.30. The molecule has 186 valence electrons. The van der Waals surface area contributed by atoms with Gasteiger partial charge >= 0.3 is 0 Å². The molecule has 4 aromatic rings. The average molecular weight is 496 g/mol. The van der Waals surface area contributed by atoms with Gasteiger partial charge in [0.2, 0.25) is 12.6 Å². The predicted molar refractivity (Wildman–Crippen MR) is 138 cm³/mol. The van der Waals surface area contributed by atoms with Crippen LogP contribution in [0.25, 0.3) is 11.0 Å². The molecule has 0 saturated carbocycles. The van der Waals surface area contributed by atoms with E-state index in [1.54, 1.807) is 11.0 Å². The summed E-state index contributed by atoms with van der Waals surface area (Å²) in [6.07, 6.45) is 1.67. The lowest BCUT2D eigenvalue weighted by molar-refractivity contribution is 0.0714. The highest BCUT2D eigenvalue weighted by Crippen LogP contribution is 2.41. The van der Waals surface area contributed by atoms with Crippen LogP contribution in [-0.4, -0.2) is 24.2 Å². The first kappa shape index (κ1) is 22.9. The molecular weight excluding hydrogens is 470 g/mol.